The van der Waals surface area contributed by atoms with E-state index >= 15 is 0 Å². The first kappa shape index (κ1) is 11.8. The molecule has 0 unspecified atom stereocenters. The number of imidazole rings is 1. The minimum Gasteiger partial charge on any atom is -0.385 e. The normalized spacial score (nSPS) is 10.8. The van der Waals surface area contributed by atoms with Crippen molar-refractivity contribution in [2.45, 2.75) is 6.42 Å². The SMILES string of the molecule is Cn1c(CCNc2ccccc2)nc2ccccc21. The Labute approximate surface area is 112 Å². The average molecular weight is 251 g/mol. The van der Waals surface area contributed by atoms with Gasteiger partial charge in [0, 0.05) is 25.7 Å². The molecule has 19 heavy (non-hydrogen) atoms. The van der Waals surface area contributed by atoms with Crippen LogP contribution in [0.3, 0.4) is 0 Å². The van der Waals surface area contributed by atoms with Gasteiger partial charge in [-0.25, -0.2) is 4.98 Å². The number of nitrogens with zero attached hydrogens (tertiary/aromatic N) is 2. The number of anilines is 1. The predicted octanol–water partition coefficient (Wildman–Crippen LogP) is 3.23. The quantitative estimate of drug-likeness (QED) is 0.771. The Morgan fingerprint density at radius 3 is 2.53 bits per heavy atom. The topological polar surface area (TPSA) is 29.9 Å². The number of hydrogen-bond donors (Lipinski definition) is 1. The summed E-state index contributed by atoms with van der Waals surface area (Å²) in [5, 5.41) is 3.41. The van der Waals surface area contributed by atoms with E-state index in [1.807, 2.05) is 24.3 Å². The van der Waals surface area contributed by atoms with Crippen LogP contribution in [-0.2, 0) is 13.5 Å². The Morgan fingerprint density at radius 1 is 1.00 bits per heavy atom. The van der Waals surface area contributed by atoms with Crippen LogP contribution in [0.1, 0.15) is 5.82 Å². The van der Waals surface area contributed by atoms with E-state index in [2.05, 4.69) is 52.2 Å². The van der Waals surface area contributed by atoms with Crippen molar-refractivity contribution in [1.29, 1.82) is 0 Å². The van der Waals surface area contributed by atoms with Crippen LogP contribution in [-0.4, -0.2) is 16.1 Å². The monoisotopic (exact) mass is 251 g/mol. The van der Waals surface area contributed by atoms with E-state index in [-0.39, 0.29) is 0 Å². The average Bonchev–Trinajstić information content (AvgIpc) is 2.78. The molecule has 0 saturated carbocycles. The summed E-state index contributed by atoms with van der Waals surface area (Å²) in [5.41, 5.74) is 3.41. The maximum Gasteiger partial charge on any atom is 0.111 e. The lowest BCUT2D eigenvalue weighted by molar-refractivity contribution is 0.808. The second-order valence-corrected chi connectivity index (χ2v) is 4.62. The van der Waals surface area contributed by atoms with Crippen LogP contribution in [0.4, 0.5) is 5.69 Å². The van der Waals surface area contributed by atoms with Crippen molar-refractivity contribution in [1.82, 2.24) is 9.55 Å². The molecule has 0 radical (unpaired) electrons. The zero-order valence-electron chi connectivity index (χ0n) is 11.0. The van der Waals surface area contributed by atoms with Crippen molar-refractivity contribution < 1.29 is 0 Å². The van der Waals surface area contributed by atoms with Gasteiger partial charge in [-0.2, -0.15) is 0 Å². The number of hydrogen-bond acceptors (Lipinski definition) is 2. The summed E-state index contributed by atoms with van der Waals surface area (Å²) in [6, 6.07) is 18.5. The van der Waals surface area contributed by atoms with Gasteiger partial charge in [0.15, 0.2) is 0 Å². The fraction of sp³-hybridized carbons (Fsp3) is 0.188. The molecular weight excluding hydrogens is 234 g/mol. The minimum atomic E-state index is 0.890. The Kier molecular flexibility index (Phi) is 3.19. The third-order valence-electron chi connectivity index (χ3n) is 3.33. The maximum atomic E-state index is 4.67. The fourth-order valence-electron chi connectivity index (χ4n) is 2.29. The number of aryl methyl sites for hydroxylation is 1. The van der Waals surface area contributed by atoms with Gasteiger partial charge in [0.1, 0.15) is 5.82 Å². The summed E-state index contributed by atoms with van der Waals surface area (Å²) in [6.07, 6.45) is 0.917. The molecule has 0 aliphatic rings. The molecule has 0 saturated heterocycles. The lowest BCUT2D eigenvalue weighted by atomic mass is 10.3. The van der Waals surface area contributed by atoms with Crippen molar-refractivity contribution in [3.05, 3.63) is 60.4 Å². The van der Waals surface area contributed by atoms with Crippen LogP contribution in [0, 0.1) is 0 Å². The molecule has 0 amide bonds. The number of aromatic nitrogens is 2. The van der Waals surface area contributed by atoms with Crippen molar-refractivity contribution in [2.75, 3.05) is 11.9 Å². The number of fused-ring (bicyclic) bond motifs is 1. The van der Waals surface area contributed by atoms with Gasteiger partial charge in [-0.3, -0.25) is 0 Å². The second-order valence-electron chi connectivity index (χ2n) is 4.62. The Morgan fingerprint density at radius 2 is 1.74 bits per heavy atom. The van der Waals surface area contributed by atoms with Gasteiger partial charge in [0.05, 0.1) is 11.0 Å². The molecule has 1 N–H and O–H groups in total. The number of para-hydroxylation sites is 3. The van der Waals surface area contributed by atoms with Crippen LogP contribution in [0.25, 0.3) is 11.0 Å². The predicted molar refractivity (Wildman–Crippen MR) is 79.3 cm³/mol. The van der Waals surface area contributed by atoms with Crippen LogP contribution < -0.4 is 5.32 Å². The molecule has 3 rings (SSSR count). The summed E-state index contributed by atoms with van der Waals surface area (Å²) in [7, 11) is 2.08. The molecule has 96 valence electrons. The molecule has 0 spiro atoms. The number of rotatable bonds is 4. The second kappa shape index (κ2) is 5.14. The zero-order chi connectivity index (χ0) is 13.1. The zero-order valence-corrected chi connectivity index (χ0v) is 11.0. The van der Waals surface area contributed by atoms with Gasteiger partial charge in [-0.15, -0.1) is 0 Å². The van der Waals surface area contributed by atoms with E-state index < -0.39 is 0 Å². The molecule has 1 aromatic heterocycles. The van der Waals surface area contributed by atoms with Gasteiger partial charge in [-0.05, 0) is 24.3 Å². The summed E-state index contributed by atoms with van der Waals surface area (Å²) in [5.74, 6) is 1.12. The van der Waals surface area contributed by atoms with E-state index in [0.717, 1.165) is 30.0 Å². The lowest BCUT2D eigenvalue weighted by Crippen LogP contribution is -2.08. The van der Waals surface area contributed by atoms with Gasteiger partial charge in [-0.1, -0.05) is 30.3 Å². The largest absolute Gasteiger partial charge is 0.385 e. The number of nitrogens with one attached hydrogen (secondary N) is 1. The van der Waals surface area contributed by atoms with E-state index in [1.54, 1.807) is 0 Å². The molecule has 0 atom stereocenters. The first-order valence-electron chi connectivity index (χ1n) is 6.54. The molecule has 0 fully saturated rings. The molecule has 2 aromatic carbocycles. The van der Waals surface area contributed by atoms with Crippen LogP contribution in [0.2, 0.25) is 0 Å². The molecule has 3 aromatic rings. The fourth-order valence-corrected chi connectivity index (χ4v) is 2.29. The lowest BCUT2D eigenvalue weighted by Gasteiger charge is -2.06. The highest BCUT2D eigenvalue weighted by atomic mass is 15.1. The van der Waals surface area contributed by atoms with E-state index in [4.69, 9.17) is 0 Å². The maximum absolute atomic E-state index is 4.67. The third-order valence-corrected chi connectivity index (χ3v) is 3.33. The van der Waals surface area contributed by atoms with Crippen molar-refractivity contribution >= 4 is 16.7 Å². The summed E-state index contributed by atoms with van der Waals surface area (Å²) in [6.45, 7) is 0.890. The van der Waals surface area contributed by atoms with Crippen LogP contribution >= 0.6 is 0 Å². The van der Waals surface area contributed by atoms with Crippen LogP contribution in [0.5, 0.6) is 0 Å². The molecule has 0 aliphatic heterocycles. The molecule has 0 aliphatic carbocycles. The Bertz CT molecular complexity index is 671. The van der Waals surface area contributed by atoms with Crippen molar-refractivity contribution in [3.63, 3.8) is 0 Å². The van der Waals surface area contributed by atoms with Gasteiger partial charge in [0.2, 0.25) is 0 Å². The highest BCUT2D eigenvalue weighted by Gasteiger charge is 2.06. The molecule has 1 heterocycles. The number of benzene rings is 2. The summed E-state index contributed by atoms with van der Waals surface area (Å²) < 4.78 is 2.17. The smallest absolute Gasteiger partial charge is 0.111 e. The van der Waals surface area contributed by atoms with Gasteiger partial charge >= 0.3 is 0 Å². The summed E-state index contributed by atoms with van der Waals surface area (Å²) >= 11 is 0. The molecular formula is C16H17N3. The van der Waals surface area contributed by atoms with Crippen LogP contribution in [0.15, 0.2) is 54.6 Å². The Balaban J connectivity index is 1.70. The molecule has 0 bridgehead atoms. The van der Waals surface area contributed by atoms with E-state index in [0.29, 0.717) is 0 Å². The van der Waals surface area contributed by atoms with E-state index in [1.165, 1.54) is 5.52 Å². The highest BCUT2D eigenvalue weighted by Crippen LogP contribution is 2.14. The first-order chi connectivity index (χ1) is 9.34. The van der Waals surface area contributed by atoms with Crippen molar-refractivity contribution in [2.24, 2.45) is 7.05 Å². The summed E-state index contributed by atoms with van der Waals surface area (Å²) in [4.78, 5) is 4.67. The van der Waals surface area contributed by atoms with Crippen molar-refractivity contribution in [3.8, 4) is 0 Å². The minimum absolute atomic E-state index is 0.890. The standard InChI is InChI=1S/C16H17N3/c1-19-15-10-6-5-9-14(15)18-16(19)11-12-17-13-7-3-2-4-8-13/h2-10,17H,11-12H2,1H3. The molecule has 3 heteroatoms. The van der Waals surface area contributed by atoms with Gasteiger partial charge < -0.3 is 9.88 Å². The first-order valence-corrected chi connectivity index (χ1v) is 6.54. The Hall–Kier alpha value is -2.29. The van der Waals surface area contributed by atoms with Gasteiger partial charge in [0.25, 0.3) is 0 Å². The third kappa shape index (κ3) is 2.45. The molecule has 3 nitrogen and oxygen atoms in total. The van der Waals surface area contributed by atoms with E-state index in [9.17, 15) is 0 Å². The highest BCUT2D eigenvalue weighted by molar-refractivity contribution is 5.75.